The predicted molar refractivity (Wildman–Crippen MR) is 154 cm³/mol. The molecule has 11 nitrogen and oxygen atoms in total. The summed E-state index contributed by atoms with van der Waals surface area (Å²) in [5, 5.41) is 9.12. The number of amides is 5. The van der Waals surface area contributed by atoms with E-state index in [1.165, 1.54) is 12.5 Å². The van der Waals surface area contributed by atoms with Crippen molar-refractivity contribution >= 4 is 23.9 Å². The van der Waals surface area contributed by atoms with Gasteiger partial charge in [-0.15, -0.1) is 0 Å². The molecule has 0 unspecified atom stereocenters. The van der Waals surface area contributed by atoms with Crippen LogP contribution in [-0.4, -0.2) is 95.3 Å². The van der Waals surface area contributed by atoms with Crippen molar-refractivity contribution in [3.8, 4) is 0 Å². The van der Waals surface area contributed by atoms with E-state index in [4.69, 9.17) is 4.74 Å². The lowest BCUT2D eigenvalue weighted by molar-refractivity contribution is -0.191. The minimum absolute atomic E-state index is 0.0181. The van der Waals surface area contributed by atoms with Crippen LogP contribution in [0.2, 0.25) is 0 Å². The number of nitrogens with zero attached hydrogens (tertiary/aromatic N) is 4. The number of carbonyl (C=O) groups is 4. The molecule has 0 bridgehead atoms. The summed E-state index contributed by atoms with van der Waals surface area (Å²) in [7, 11) is 0. The van der Waals surface area contributed by atoms with Crippen molar-refractivity contribution in [2.24, 2.45) is 5.92 Å². The van der Waals surface area contributed by atoms with Crippen LogP contribution in [0, 0.1) is 5.92 Å². The van der Waals surface area contributed by atoms with Gasteiger partial charge in [0, 0.05) is 26.2 Å². The molecular weight excluding hydrogens is 524 g/mol. The summed E-state index contributed by atoms with van der Waals surface area (Å²) in [4.78, 5) is 56.4. The summed E-state index contributed by atoms with van der Waals surface area (Å²) >= 11 is 0. The van der Waals surface area contributed by atoms with Crippen LogP contribution in [0.1, 0.15) is 57.4 Å². The second-order valence-corrected chi connectivity index (χ2v) is 11.0. The number of likely N-dealkylation sites (N-methyl/N-ethyl adjacent to an activating group) is 1. The van der Waals surface area contributed by atoms with Gasteiger partial charge in [0.1, 0.15) is 18.8 Å². The average molecular weight is 569 g/mol. The first-order chi connectivity index (χ1) is 19.9. The Morgan fingerprint density at radius 1 is 1.10 bits per heavy atom. The van der Waals surface area contributed by atoms with Gasteiger partial charge in [-0.3, -0.25) is 9.59 Å². The Kier molecular flexibility index (Phi) is 11.0. The van der Waals surface area contributed by atoms with Crippen LogP contribution in [0.4, 0.5) is 9.59 Å². The molecule has 0 radical (unpaired) electrons. The molecule has 41 heavy (non-hydrogen) atoms. The van der Waals surface area contributed by atoms with E-state index in [1.54, 1.807) is 14.9 Å². The molecule has 1 aromatic carbocycles. The number of hydrogen-bond donors (Lipinski definition) is 2. The van der Waals surface area contributed by atoms with Crippen LogP contribution >= 0.6 is 0 Å². The Bertz CT molecular complexity index is 1060. The second-order valence-electron chi connectivity index (χ2n) is 11.0. The summed E-state index contributed by atoms with van der Waals surface area (Å²) in [6, 6.07) is 8.68. The molecule has 2 saturated heterocycles. The highest BCUT2D eigenvalue weighted by molar-refractivity contribution is 5.91. The molecule has 2 N–H and O–H groups in total. The number of fused-ring (bicyclic) bond motifs is 1. The topological polar surface area (TPSA) is 115 Å². The fourth-order valence-electron chi connectivity index (χ4n) is 6.11. The molecule has 1 saturated carbocycles. The fraction of sp³-hybridized carbons (Fsp3) is 0.600. The number of urea groups is 1. The van der Waals surface area contributed by atoms with Crippen LogP contribution in [-0.2, 0) is 20.9 Å². The maximum atomic E-state index is 13.9. The van der Waals surface area contributed by atoms with Gasteiger partial charge in [-0.1, -0.05) is 69.2 Å². The molecule has 1 aliphatic carbocycles. The molecule has 2 heterocycles. The van der Waals surface area contributed by atoms with Crippen LogP contribution in [0.3, 0.4) is 0 Å². The molecular formula is C30H44N6O5. The average Bonchev–Trinajstić information content (AvgIpc) is 2.99. The summed E-state index contributed by atoms with van der Waals surface area (Å²) in [6.07, 6.45) is 6.90. The number of rotatable bonds is 11. The minimum Gasteiger partial charge on any atom is -0.445 e. The normalized spacial score (nSPS) is 21.8. The van der Waals surface area contributed by atoms with Crippen molar-refractivity contribution < 1.29 is 23.9 Å². The zero-order chi connectivity index (χ0) is 29.2. The molecule has 0 aromatic heterocycles. The van der Waals surface area contributed by atoms with E-state index in [1.807, 2.05) is 42.2 Å². The minimum atomic E-state index is -0.709. The first kappa shape index (κ1) is 30.4. The summed E-state index contributed by atoms with van der Waals surface area (Å²) < 4.78 is 4.96. The number of piperazine rings is 1. The van der Waals surface area contributed by atoms with Crippen molar-refractivity contribution in [3.05, 3.63) is 48.6 Å². The second kappa shape index (κ2) is 14.9. The molecule has 3 fully saturated rings. The zero-order valence-corrected chi connectivity index (χ0v) is 24.1. The molecule has 224 valence electrons. The quantitative estimate of drug-likeness (QED) is 0.313. The Balaban J connectivity index is 1.52. The number of ether oxygens (including phenoxy) is 1. The van der Waals surface area contributed by atoms with Crippen molar-refractivity contribution in [2.45, 2.75) is 70.6 Å². The molecule has 5 amide bonds. The number of alkyl carbamates (subject to hydrolysis) is 1. The van der Waals surface area contributed by atoms with E-state index in [2.05, 4.69) is 17.2 Å². The van der Waals surface area contributed by atoms with Crippen LogP contribution in [0.25, 0.3) is 0 Å². The first-order valence-electron chi connectivity index (χ1n) is 14.9. The van der Waals surface area contributed by atoms with Gasteiger partial charge in [0.25, 0.3) is 0 Å². The van der Waals surface area contributed by atoms with Gasteiger partial charge in [0.15, 0.2) is 0 Å². The third-order valence-corrected chi connectivity index (χ3v) is 8.15. The van der Waals surface area contributed by atoms with Crippen molar-refractivity contribution in [1.29, 1.82) is 0 Å². The molecule has 4 rings (SSSR count). The Morgan fingerprint density at radius 2 is 1.85 bits per heavy atom. The third-order valence-electron chi connectivity index (χ3n) is 8.15. The molecule has 0 spiro atoms. The van der Waals surface area contributed by atoms with Crippen LogP contribution in [0.15, 0.2) is 43.0 Å². The first-order valence-corrected chi connectivity index (χ1v) is 14.9. The van der Waals surface area contributed by atoms with E-state index in [0.29, 0.717) is 44.9 Å². The predicted octanol–water partition coefficient (Wildman–Crippen LogP) is 3.09. The lowest BCUT2D eigenvalue weighted by Crippen LogP contribution is -2.76. The summed E-state index contributed by atoms with van der Waals surface area (Å²) in [5.41, 5.74) is 0.976. The largest absolute Gasteiger partial charge is 0.445 e. The maximum absolute atomic E-state index is 13.9. The molecule has 1 aromatic rings. The van der Waals surface area contributed by atoms with Crippen LogP contribution < -0.4 is 10.6 Å². The van der Waals surface area contributed by atoms with Gasteiger partial charge in [0.2, 0.25) is 11.8 Å². The number of nitrogens with one attached hydrogen (secondary N) is 2. The number of carbonyl (C=O) groups excluding carboxylic acids is 4. The van der Waals surface area contributed by atoms with E-state index >= 15 is 0 Å². The van der Waals surface area contributed by atoms with E-state index in [0.717, 1.165) is 31.2 Å². The van der Waals surface area contributed by atoms with Gasteiger partial charge < -0.3 is 25.2 Å². The number of hydrazine groups is 1. The van der Waals surface area contributed by atoms with Gasteiger partial charge in [-0.25, -0.2) is 19.6 Å². The van der Waals surface area contributed by atoms with Gasteiger partial charge in [-0.2, -0.15) is 0 Å². The van der Waals surface area contributed by atoms with E-state index < -0.39 is 18.3 Å². The monoisotopic (exact) mass is 568 g/mol. The molecule has 2 aliphatic heterocycles. The van der Waals surface area contributed by atoms with Crippen molar-refractivity contribution in [1.82, 2.24) is 30.5 Å². The lowest BCUT2D eigenvalue weighted by atomic mass is 9.88. The molecule has 11 heteroatoms. The van der Waals surface area contributed by atoms with Gasteiger partial charge in [-0.05, 0) is 37.2 Å². The van der Waals surface area contributed by atoms with Crippen molar-refractivity contribution in [3.63, 3.8) is 0 Å². The Labute approximate surface area is 242 Å². The Morgan fingerprint density at radius 3 is 2.56 bits per heavy atom. The van der Waals surface area contributed by atoms with E-state index in [9.17, 15) is 19.2 Å². The zero-order valence-electron chi connectivity index (χ0n) is 24.1. The molecule has 3 aliphatic rings. The standard InChI is InChI=1S/C30H44N6O5/c1-3-18-41-30(40)31-17-11-16-25-28(38)33(20-24-14-9-6-10-15-24)21-26-35(25)27(37)22-34(4-2)36(26)29(39)32-19-23-12-7-5-8-13-23/h3,5,7-8,12-13,24-26H,1,4,6,9-11,14-22H2,2H3,(H,31,40)(H,32,39)/t25-,26-/m0/s1. The highest BCUT2D eigenvalue weighted by Gasteiger charge is 2.51. The third kappa shape index (κ3) is 7.78. The number of hydrogen-bond acceptors (Lipinski definition) is 6. The maximum Gasteiger partial charge on any atom is 0.407 e. The lowest BCUT2D eigenvalue weighted by Gasteiger charge is -2.55. The SMILES string of the molecule is C=CCOC(=O)NCCC[C@H]1C(=O)N(CC2CCCCC2)C[C@H]2N1C(=O)CN(CC)N2C(=O)NCc1ccccc1. The fourth-order valence-corrected chi connectivity index (χ4v) is 6.11. The van der Waals surface area contributed by atoms with Crippen molar-refractivity contribution in [2.75, 3.05) is 39.3 Å². The van der Waals surface area contributed by atoms with E-state index in [-0.39, 0.29) is 37.5 Å². The van der Waals surface area contributed by atoms with Gasteiger partial charge >= 0.3 is 12.1 Å². The van der Waals surface area contributed by atoms with Gasteiger partial charge in [0.05, 0.1) is 13.1 Å². The highest BCUT2D eigenvalue weighted by atomic mass is 16.5. The summed E-state index contributed by atoms with van der Waals surface area (Å²) in [6.45, 7) is 7.63. The van der Waals surface area contributed by atoms with Crippen LogP contribution in [0.5, 0.6) is 0 Å². The summed E-state index contributed by atoms with van der Waals surface area (Å²) in [5.74, 6) is 0.171. The number of benzene rings is 1. The Hall–Kier alpha value is -3.60. The molecule has 2 atom stereocenters. The highest BCUT2D eigenvalue weighted by Crippen LogP contribution is 2.31. The smallest absolute Gasteiger partial charge is 0.407 e.